The fourth-order valence-electron chi connectivity index (χ4n) is 2.96. The highest BCUT2D eigenvalue weighted by Crippen LogP contribution is 2.24. The predicted octanol–water partition coefficient (Wildman–Crippen LogP) is 7.27. The van der Waals surface area contributed by atoms with E-state index in [1.54, 1.807) is 24.3 Å². The maximum atomic E-state index is 13.0. The Morgan fingerprint density at radius 3 is 1.32 bits per heavy atom. The Kier molecular flexibility index (Phi) is 6.55. The monoisotopic (exact) mass is 418 g/mol. The highest BCUT2D eigenvalue weighted by Gasteiger charge is 2.03. The van der Waals surface area contributed by atoms with E-state index in [9.17, 15) is 8.78 Å². The molecule has 0 N–H and O–H groups in total. The Labute approximate surface area is 179 Å². The van der Waals surface area contributed by atoms with Crippen molar-refractivity contribution in [3.8, 4) is 23.0 Å². The van der Waals surface area contributed by atoms with Gasteiger partial charge in [-0.05, 0) is 83.9 Å². The Hall–Kier alpha value is -3.70. The second kappa shape index (κ2) is 9.87. The van der Waals surface area contributed by atoms with Gasteiger partial charge in [-0.15, -0.1) is 0 Å². The summed E-state index contributed by atoms with van der Waals surface area (Å²) in [6, 6.07) is 26.9. The summed E-state index contributed by atoms with van der Waals surface area (Å²) >= 11 is 0. The van der Waals surface area contributed by atoms with Crippen LogP contribution in [0.2, 0.25) is 0 Å². The minimum atomic E-state index is -0.304. The molecule has 0 bridgehead atoms. The molecule has 0 amide bonds. The molecule has 0 aromatic heterocycles. The summed E-state index contributed by atoms with van der Waals surface area (Å²) in [5.74, 6) is 1.84. The molecule has 4 aromatic carbocycles. The third-order valence-electron chi connectivity index (χ3n) is 4.43. The van der Waals surface area contributed by atoms with E-state index >= 15 is 0 Å². The first kappa shape index (κ1) is 20.6. The zero-order chi connectivity index (χ0) is 21.5. The lowest BCUT2D eigenvalue weighted by Gasteiger charge is -2.10. The molecule has 0 heterocycles. The Balaban J connectivity index is 1.32. The quantitative estimate of drug-likeness (QED) is 0.301. The highest BCUT2D eigenvalue weighted by atomic mass is 19.1. The number of rotatable bonds is 8. The molecule has 156 valence electrons. The standard InChI is InChI=1S/C26H20F2O3/c27-21-7-11-23(12-8-21)30-25-5-1-3-19(15-25)17-29-18-20-4-2-6-26(16-20)31-24-13-9-22(28)10-14-24/h1-16H,17-18H2. The largest absolute Gasteiger partial charge is 0.457 e. The zero-order valence-electron chi connectivity index (χ0n) is 16.6. The second-order valence-electron chi connectivity index (χ2n) is 6.90. The van der Waals surface area contributed by atoms with Gasteiger partial charge in [0.1, 0.15) is 34.6 Å². The fraction of sp³-hybridized carbons (Fsp3) is 0.0769. The normalized spacial score (nSPS) is 10.6. The van der Waals surface area contributed by atoms with Crippen LogP contribution in [0.5, 0.6) is 23.0 Å². The van der Waals surface area contributed by atoms with E-state index in [1.165, 1.54) is 24.3 Å². The van der Waals surface area contributed by atoms with Crippen molar-refractivity contribution in [3.63, 3.8) is 0 Å². The average Bonchev–Trinajstić information content (AvgIpc) is 2.78. The van der Waals surface area contributed by atoms with E-state index in [1.807, 2.05) is 48.5 Å². The van der Waals surface area contributed by atoms with Crippen molar-refractivity contribution in [1.82, 2.24) is 0 Å². The maximum Gasteiger partial charge on any atom is 0.127 e. The first-order valence-electron chi connectivity index (χ1n) is 9.76. The minimum absolute atomic E-state index is 0.304. The molecule has 0 aliphatic heterocycles. The van der Waals surface area contributed by atoms with Crippen molar-refractivity contribution >= 4 is 0 Å². The van der Waals surface area contributed by atoms with Crippen molar-refractivity contribution in [3.05, 3.63) is 120 Å². The van der Waals surface area contributed by atoms with Crippen LogP contribution in [0.3, 0.4) is 0 Å². The van der Waals surface area contributed by atoms with Crippen LogP contribution in [0, 0.1) is 11.6 Å². The summed E-state index contributed by atoms with van der Waals surface area (Å²) < 4.78 is 43.4. The Morgan fingerprint density at radius 2 is 0.903 bits per heavy atom. The van der Waals surface area contributed by atoms with E-state index < -0.39 is 0 Å². The van der Waals surface area contributed by atoms with Crippen LogP contribution in [0.4, 0.5) is 8.78 Å². The van der Waals surface area contributed by atoms with Crippen molar-refractivity contribution in [2.75, 3.05) is 0 Å². The average molecular weight is 418 g/mol. The van der Waals surface area contributed by atoms with E-state index in [2.05, 4.69) is 0 Å². The Morgan fingerprint density at radius 1 is 0.484 bits per heavy atom. The lowest BCUT2D eigenvalue weighted by atomic mass is 10.2. The first-order chi connectivity index (χ1) is 15.1. The molecule has 0 radical (unpaired) electrons. The summed E-state index contributed by atoms with van der Waals surface area (Å²) in [6.45, 7) is 0.813. The van der Waals surface area contributed by atoms with Gasteiger partial charge < -0.3 is 14.2 Å². The van der Waals surface area contributed by atoms with Crippen LogP contribution in [0.25, 0.3) is 0 Å². The van der Waals surface area contributed by atoms with Crippen LogP contribution in [-0.4, -0.2) is 0 Å². The van der Waals surface area contributed by atoms with E-state index in [-0.39, 0.29) is 11.6 Å². The summed E-state index contributed by atoms with van der Waals surface area (Å²) in [7, 11) is 0. The van der Waals surface area contributed by atoms with Crippen molar-refractivity contribution in [1.29, 1.82) is 0 Å². The van der Waals surface area contributed by atoms with E-state index in [4.69, 9.17) is 14.2 Å². The molecule has 0 saturated carbocycles. The lowest BCUT2D eigenvalue weighted by molar-refractivity contribution is 0.107. The maximum absolute atomic E-state index is 13.0. The highest BCUT2D eigenvalue weighted by molar-refractivity contribution is 5.35. The first-order valence-corrected chi connectivity index (χ1v) is 9.76. The van der Waals surface area contributed by atoms with Crippen molar-refractivity contribution in [2.24, 2.45) is 0 Å². The van der Waals surface area contributed by atoms with Crippen LogP contribution >= 0.6 is 0 Å². The SMILES string of the molecule is Fc1ccc(Oc2cccc(COCc3cccc(Oc4ccc(F)cc4)c3)c2)cc1. The minimum Gasteiger partial charge on any atom is -0.457 e. The van der Waals surface area contributed by atoms with Gasteiger partial charge in [0.2, 0.25) is 0 Å². The van der Waals surface area contributed by atoms with Crippen molar-refractivity contribution < 1.29 is 23.0 Å². The molecule has 4 rings (SSSR count). The molecule has 0 unspecified atom stereocenters. The molecule has 0 saturated heterocycles. The predicted molar refractivity (Wildman–Crippen MR) is 114 cm³/mol. The molecule has 4 aromatic rings. The van der Waals surface area contributed by atoms with Gasteiger partial charge in [-0.1, -0.05) is 24.3 Å². The van der Waals surface area contributed by atoms with Crippen LogP contribution < -0.4 is 9.47 Å². The van der Waals surface area contributed by atoms with Gasteiger partial charge in [0.05, 0.1) is 13.2 Å². The zero-order valence-corrected chi connectivity index (χ0v) is 16.6. The van der Waals surface area contributed by atoms with Gasteiger partial charge >= 0.3 is 0 Å². The second-order valence-corrected chi connectivity index (χ2v) is 6.90. The molecule has 3 nitrogen and oxygen atoms in total. The molecule has 0 aliphatic carbocycles. The van der Waals surface area contributed by atoms with Gasteiger partial charge in [0.15, 0.2) is 0 Å². The molecule has 0 spiro atoms. The number of benzene rings is 4. The third-order valence-corrected chi connectivity index (χ3v) is 4.43. The number of ether oxygens (including phenoxy) is 3. The van der Waals surface area contributed by atoms with Crippen LogP contribution in [0.1, 0.15) is 11.1 Å². The summed E-state index contributed by atoms with van der Waals surface area (Å²) in [4.78, 5) is 0. The smallest absolute Gasteiger partial charge is 0.127 e. The number of halogens is 2. The van der Waals surface area contributed by atoms with Crippen LogP contribution in [0.15, 0.2) is 97.1 Å². The van der Waals surface area contributed by atoms with E-state index in [0.717, 1.165) is 11.1 Å². The topological polar surface area (TPSA) is 27.7 Å². The fourth-order valence-corrected chi connectivity index (χ4v) is 2.96. The van der Waals surface area contributed by atoms with Crippen molar-refractivity contribution in [2.45, 2.75) is 13.2 Å². The van der Waals surface area contributed by atoms with Gasteiger partial charge in [0.25, 0.3) is 0 Å². The van der Waals surface area contributed by atoms with E-state index in [0.29, 0.717) is 36.2 Å². The number of hydrogen-bond acceptors (Lipinski definition) is 3. The summed E-state index contributed by atoms with van der Waals surface area (Å²) in [5.41, 5.74) is 1.91. The molecule has 0 atom stereocenters. The number of hydrogen-bond donors (Lipinski definition) is 0. The van der Waals surface area contributed by atoms with Crippen LogP contribution in [-0.2, 0) is 18.0 Å². The summed E-state index contributed by atoms with van der Waals surface area (Å²) in [6.07, 6.45) is 0. The summed E-state index contributed by atoms with van der Waals surface area (Å²) in [5, 5.41) is 0. The molecular formula is C26H20F2O3. The molecule has 0 aliphatic rings. The van der Waals surface area contributed by atoms with Gasteiger partial charge in [-0.25, -0.2) is 8.78 Å². The third kappa shape index (κ3) is 6.14. The molecular weight excluding hydrogens is 398 g/mol. The molecule has 5 heteroatoms. The molecule has 31 heavy (non-hydrogen) atoms. The van der Waals surface area contributed by atoms with Gasteiger partial charge in [-0.3, -0.25) is 0 Å². The van der Waals surface area contributed by atoms with Gasteiger partial charge in [-0.2, -0.15) is 0 Å². The Bertz CT molecular complexity index is 1030. The molecule has 0 fully saturated rings. The lowest BCUT2D eigenvalue weighted by Crippen LogP contribution is -1.95. The van der Waals surface area contributed by atoms with Gasteiger partial charge in [0, 0.05) is 0 Å².